The van der Waals surface area contributed by atoms with Gasteiger partial charge in [-0.2, -0.15) is 0 Å². The number of hydrogen-bond acceptors (Lipinski definition) is 3. The fourth-order valence-corrected chi connectivity index (χ4v) is 1.26. The summed E-state index contributed by atoms with van der Waals surface area (Å²) in [6.45, 7) is 4.49. The highest BCUT2D eigenvalue weighted by Gasteiger charge is 2.10. The number of unbranched alkanes of at least 4 members (excludes halogenated alkanes) is 1. The fourth-order valence-electron chi connectivity index (χ4n) is 1.26. The van der Waals surface area contributed by atoms with Crippen molar-refractivity contribution in [1.82, 2.24) is 4.98 Å². The van der Waals surface area contributed by atoms with Crippen molar-refractivity contribution in [2.24, 2.45) is 0 Å². The van der Waals surface area contributed by atoms with Gasteiger partial charge in [-0.25, -0.2) is 9.78 Å². The maximum absolute atomic E-state index is 10.8. The SMILES string of the molecule is C=CCCCOCc1cccnc1C(=O)O. The molecule has 4 heteroatoms. The highest BCUT2D eigenvalue weighted by molar-refractivity contribution is 5.86. The van der Waals surface area contributed by atoms with E-state index in [2.05, 4.69) is 11.6 Å². The average Bonchev–Trinajstić information content (AvgIpc) is 2.29. The topological polar surface area (TPSA) is 59.4 Å². The van der Waals surface area contributed by atoms with Crippen LogP contribution in [-0.2, 0) is 11.3 Å². The highest BCUT2D eigenvalue weighted by atomic mass is 16.5. The quantitative estimate of drug-likeness (QED) is 0.566. The van der Waals surface area contributed by atoms with E-state index < -0.39 is 5.97 Å². The summed E-state index contributed by atoms with van der Waals surface area (Å²) in [6.07, 6.45) is 5.09. The molecule has 0 aliphatic rings. The van der Waals surface area contributed by atoms with Crippen LogP contribution in [0.3, 0.4) is 0 Å². The number of pyridine rings is 1. The molecule has 1 aromatic heterocycles. The van der Waals surface area contributed by atoms with E-state index in [-0.39, 0.29) is 12.3 Å². The highest BCUT2D eigenvalue weighted by Crippen LogP contribution is 2.07. The average molecular weight is 221 g/mol. The number of carbonyl (C=O) groups is 1. The Balaban J connectivity index is 2.47. The van der Waals surface area contributed by atoms with Crippen LogP contribution < -0.4 is 0 Å². The molecule has 0 bridgehead atoms. The molecule has 1 N–H and O–H groups in total. The summed E-state index contributed by atoms with van der Waals surface area (Å²) >= 11 is 0. The molecule has 0 saturated carbocycles. The number of carboxylic acid groups (broad SMARTS) is 1. The first-order valence-corrected chi connectivity index (χ1v) is 5.11. The van der Waals surface area contributed by atoms with Crippen LogP contribution >= 0.6 is 0 Å². The van der Waals surface area contributed by atoms with Crippen LogP contribution in [0.1, 0.15) is 28.9 Å². The van der Waals surface area contributed by atoms with Crippen LogP contribution in [0.2, 0.25) is 0 Å². The smallest absolute Gasteiger partial charge is 0.354 e. The molecule has 86 valence electrons. The van der Waals surface area contributed by atoms with Gasteiger partial charge in [0, 0.05) is 18.4 Å². The van der Waals surface area contributed by atoms with Gasteiger partial charge >= 0.3 is 5.97 Å². The monoisotopic (exact) mass is 221 g/mol. The summed E-state index contributed by atoms with van der Waals surface area (Å²) in [4.78, 5) is 14.6. The maximum Gasteiger partial charge on any atom is 0.354 e. The lowest BCUT2D eigenvalue weighted by molar-refractivity contribution is 0.0679. The van der Waals surface area contributed by atoms with Crippen molar-refractivity contribution >= 4 is 5.97 Å². The zero-order valence-corrected chi connectivity index (χ0v) is 9.06. The Hall–Kier alpha value is -1.68. The number of aromatic nitrogens is 1. The molecule has 16 heavy (non-hydrogen) atoms. The number of rotatable bonds is 7. The van der Waals surface area contributed by atoms with Gasteiger partial charge in [0.2, 0.25) is 0 Å². The van der Waals surface area contributed by atoms with Crippen molar-refractivity contribution in [1.29, 1.82) is 0 Å². The van der Waals surface area contributed by atoms with Gasteiger partial charge in [0.25, 0.3) is 0 Å². The van der Waals surface area contributed by atoms with Gasteiger partial charge in [-0.05, 0) is 18.9 Å². The normalized spacial score (nSPS) is 10.0. The number of hydrogen-bond donors (Lipinski definition) is 1. The summed E-state index contributed by atoms with van der Waals surface area (Å²) in [6, 6.07) is 3.42. The van der Waals surface area contributed by atoms with Gasteiger partial charge in [0.1, 0.15) is 0 Å². The Kier molecular flexibility index (Phi) is 5.22. The molecular weight excluding hydrogens is 206 g/mol. The zero-order valence-electron chi connectivity index (χ0n) is 9.06. The Morgan fingerprint density at radius 1 is 1.62 bits per heavy atom. The van der Waals surface area contributed by atoms with Gasteiger partial charge in [-0.3, -0.25) is 0 Å². The Morgan fingerprint density at radius 3 is 3.12 bits per heavy atom. The minimum absolute atomic E-state index is 0.0613. The van der Waals surface area contributed by atoms with E-state index in [0.29, 0.717) is 12.2 Å². The molecule has 0 spiro atoms. The van der Waals surface area contributed by atoms with E-state index in [1.165, 1.54) is 6.20 Å². The van der Waals surface area contributed by atoms with Gasteiger partial charge < -0.3 is 9.84 Å². The first-order valence-electron chi connectivity index (χ1n) is 5.11. The Bertz CT molecular complexity index is 363. The summed E-state index contributed by atoms with van der Waals surface area (Å²) < 4.78 is 5.36. The minimum Gasteiger partial charge on any atom is -0.477 e. The molecule has 0 unspecified atom stereocenters. The molecule has 0 aromatic carbocycles. The lowest BCUT2D eigenvalue weighted by Crippen LogP contribution is -2.07. The van der Waals surface area contributed by atoms with Gasteiger partial charge in [0.05, 0.1) is 6.61 Å². The van der Waals surface area contributed by atoms with Crippen LogP contribution in [0.25, 0.3) is 0 Å². The lowest BCUT2D eigenvalue weighted by atomic mass is 10.2. The van der Waals surface area contributed by atoms with Crippen LogP contribution in [0, 0.1) is 0 Å². The molecular formula is C12H15NO3. The summed E-state index contributed by atoms with van der Waals surface area (Å²) in [5.41, 5.74) is 0.667. The number of allylic oxidation sites excluding steroid dienone is 1. The second-order valence-electron chi connectivity index (χ2n) is 3.30. The Morgan fingerprint density at radius 2 is 2.44 bits per heavy atom. The number of aromatic carboxylic acids is 1. The van der Waals surface area contributed by atoms with Crippen molar-refractivity contribution in [3.63, 3.8) is 0 Å². The van der Waals surface area contributed by atoms with E-state index in [9.17, 15) is 4.79 Å². The lowest BCUT2D eigenvalue weighted by Gasteiger charge is -2.05. The molecule has 4 nitrogen and oxygen atoms in total. The third-order valence-corrected chi connectivity index (χ3v) is 2.05. The van der Waals surface area contributed by atoms with E-state index >= 15 is 0 Å². The molecule has 1 heterocycles. The van der Waals surface area contributed by atoms with Crippen molar-refractivity contribution in [3.05, 3.63) is 42.2 Å². The standard InChI is InChI=1S/C12H15NO3/c1-2-3-4-8-16-9-10-6-5-7-13-11(10)12(14)15/h2,5-7H,1,3-4,8-9H2,(H,14,15). The first kappa shape index (κ1) is 12.4. The van der Waals surface area contributed by atoms with E-state index in [1.54, 1.807) is 12.1 Å². The summed E-state index contributed by atoms with van der Waals surface area (Å²) in [5.74, 6) is -1.02. The third-order valence-electron chi connectivity index (χ3n) is 2.05. The number of nitrogens with zero attached hydrogens (tertiary/aromatic N) is 1. The molecule has 0 aliphatic carbocycles. The minimum atomic E-state index is -1.02. The first-order chi connectivity index (χ1) is 7.75. The zero-order chi connectivity index (χ0) is 11.8. The number of ether oxygens (including phenoxy) is 1. The van der Waals surface area contributed by atoms with E-state index in [4.69, 9.17) is 9.84 Å². The van der Waals surface area contributed by atoms with Gasteiger partial charge in [-0.15, -0.1) is 6.58 Å². The molecule has 1 aromatic rings. The predicted octanol–water partition coefficient (Wildman–Crippen LogP) is 2.26. The molecule has 0 radical (unpaired) electrons. The summed E-state index contributed by atoms with van der Waals surface area (Å²) in [7, 11) is 0. The second kappa shape index (κ2) is 6.74. The van der Waals surface area contributed by atoms with Crippen molar-refractivity contribution in [2.75, 3.05) is 6.61 Å². The van der Waals surface area contributed by atoms with Gasteiger partial charge in [-0.1, -0.05) is 12.1 Å². The van der Waals surface area contributed by atoms with Crippen molar-refractivity contribution in [2.45, 2.75) is 19.4 Å². The predicted molar refractivity (Wildman–Crippen MR) is 60.3 cm³/mol. The van der Waals surface area contributed by atoms with Crippen LogP contribution in [0.4, 0.5) is 0 Å². The molecule has 0 atom stereocenters. The van der Waals surface area contributed by atoms with Gasteiger partial charge in [0.15, 0.2) is 5.69 Å². The molecule has 0 aliphatic heterocycles. The molecule has 1 rings (SSSR count). The molecule has 0 amide bonds. The van der Waals surface area contributed by atoms with E-state index in [0.717, 1.165) is 12.8 Å². The van der Waals surface area contributed by atoms with Crippen LogP contribution in [0.15, 0.2) is 31.0 Å². The van der Waals surface area contributed by atoms with Crippen molar-refractivity contribution in [3.8, 4) is 0 Å². The maximum atomic E-state index is 10.8. The second-order valence-corrected chi connectivity index (χ2v) is 3.30. The van der Waals surface area contributed by atoms with Crippen LogP contribution in [0.5, 0.6) is 0 Å². The van der Waals surface area contributed by atoms with Crippen LogP contribution in [-0.4, -0.2) is 22.7 Å². The molecule has 0 fully saturated rings. The summed E-state index contributed by atoms with van der Waals surface area (Å²) in [5, 5.41) is 8.88. The number of carboxylic acids is 1. The van der Waals surface area contributed by atoms with E-state index in [1.807, 2.05) is 6.08 Å². The Labute approximate surface area is 94.6 Å². The fraction of sp³-hybridized carbons (Fsp3) is 0.333. The largest absolute Gasteiger partial charge is 0.477 e. The molecule has 0 saturated heterocycles. The van der Waals surface area contributed by atoms with Crippen molar-refractivity contribution < 1.29 is 14.6 Å². The third kappa shape index (κ3) is 3.82.